The first-order chi connectivity index (χ1) is 12.9. The van der Waals surface area contributed by atoms with Gasteiger partial charge < -0.3 is 5.32 Å². The molecular weight excluding hydrogens is 409 g/mol. The highest BCUT2D eigenvalue weighted by Gasteiger charge is 2.20. The first kappa shape index (κ1) is 19.2. The van der Waals surface area contributed by atoms with Gasteiger partial charge in [0.25, 0.3) is 15.9 Å². The molecule has 6 nitrogen and oxygen atoms in total. The molecule has 0 aliphatic heterocycles. The lowest BCUT2D eigenvalue weighted by molar-refractivity contribution is 0.102. The van der Waals surface area contributed by atoms with Crippen LogP contribution in [0.3, 0.4) is 0 Å². The summed E-state index contributed by atoms with van der Waals surface area (Å²) in [6.45, 7) is 0. The normalized spacial score (nSPS) is 11.0. The van der Waals surface area contributed by atoms with Crippen LogP contribution in [0.1, 0.15) is 10.5 Å². The summed E-state index contributed by atoms with van der Waals surface area (Å²) in [5.41, 5.74) is 0.806. The van der Waals surface area contributed by atoms with Gasteiger partial charge in [0.15, 0.2) is 0 Å². The number of hydrogen-bond acceptors (Lipinski definition) is 4. The van der Waals surface area contributed by atoms with Crippen LogP contribution < -0.4 is 10.0 Å². The van der Waals surface area contributed by atoms with E-state index in [1.54, 1.807) is 36.4 Å². The summed E-state index contributed by atoms with van der Waals surface area (Å²) in [5.74, 6) is -0.434. The van der Waals surface area contributed by atoms with E-state index in [1.165, 1.54) is 30.5 Å². The predicted octanol–water partition coefficient (Wildman–Crippen LogP) is 4.44. The monoisotopic (exact) mass is 421 g/mol. The molecule has 9 heteroatoms. The second kappa shape index (κ2) is 7.96. The van der Waals surface area contributed by atoms with Crippen LogP contribution in [0.4, 0.5) is 11.4 Å². The Kier molecular flexibility index (Phi) is 5.65. The van der Waals surface area contributed by atoms with E-state index >= 15 is 0 Å². The van der Waals surface area contributed by atoms with Crippen LogP contribution >= 0.6 is 23.2 Å². The molecule has 0 bridgehead atoms. The number of carbonyl (C=O) groups excluding carboxylic acids is 1. The summed E-state index contributed by atoms with van der Waals surface area (Å²) in [7, 11) is -3.96. The summed E-state index contributed by atoms with van der Waals surface area (Å²) >= 11 is 12.1. The third kappa shape index (κ3) is 4.57. The van der Waals surface area contributed by atoms with Gasteiger partial charge in [-0.2, -0.15) is 0 Å². The van der Waals surface area contributed by atoms with Crippen LogP contribution in [0.2, 0.25) is 10.0 Å². The fourth-order valence-electron chi connectivity index (χ4n) is 2.23. The number of pyridine rings is 1. The van der Waals surface area contributed by atoms with E-state index in [0.717, 1.165) is 0 Å². The molecule has 0 radical (unpaired) electrons. The van der Waals surface area contributed by atoms with Crippen LogP contribution in [-0.2, 0) is 10.0 Å². The molecule has 3 aromatic rings. The standard InChI is InChI=1S/C18H13Cl2N3O3S/c19-13-5-1-2-6-15(13)23-27(25,26)17-9-8-12(11-14(17)20)22-18(24)16-7-3-4-10-21-16/h1-11,23H,(H,22,24). The molecule has 0 aliphatic carbocycles. The topological polar surface area (TPSA) is 88.2 Å². The smallest absolute Gasteiger partial charge is 0.274 e. The average molecular weight is 422 g/mol. The fourth-order valence-corrected chi connectivity index (χ4v) is 4.10. The number of rotatable bonds is 5. The minimum absolute atomic E-state index is 0.0478. The second-order valence-corrected chi connectivity index (χ2v) is 7.86. The van der Waals surface area contributed by atoms with Gasteiger partial charge in [-0.15, -0.1) is 0 Å². The Labute approximate surface area is 166 Å². The maximum Gasteiger partial charge on any atom is 0.274 e. The fraction of sp³-hybridized carbons (Fsp3) is 0. The van der Waals surface area contributed by atoms with Crippen LogP contribution in [0.15, 0.2) is 71.8 Å². The Morgan fingerprint density at radius 2 is 1.67 bits per heavy atom. The molecule has 2 aromatic carbocycles. The molecule has 0 saturated carbocycles. The number of halogens is 2. The number of anilines is 2. The van der Waals surface area contributed by atoms with Gasteiger partial charge in [-0.05, 0) is 42.5 Å². The Morgan fingerprint density at radius 1 is 0.926 bits per heavy atom. The zero-order chi connectivity index (χ0) is 19.4. The molecular formula is C18H13Cl2N3O3S. The van der Waals surface area contributed by atoms with Gasteiger partial charge in [0, 0.05) is 11.9 Å². The third-order valence-corrected chi connectivity index (χ3v) is 5.67. The SMILES string of the molecule is O=C(Nc1ccc(S(=O)(=O)Nc2ccccc2Cl)c(Cl)c1)c1ccccn1. The molecule has 1 heterocycles. The summed E-state index contributed by atoms with van der Waals surface area (Å²) in [6, 6.07) is 15.5. The van der Waals surface area contributed by atoms with Gasteiger partial charge in [-0.25, -0.2) is 8.42 Å². The van der Waals surface area contributed by atoms with E-state index < -0.39 is 15.9 Å². The molecule has 1 aromatic heterocycles. The van der Waals surface area contributed by atoms with Crippen molar-refractivity contribution in [1.82, 2.24) is 4.98 Å². The molecule has 0 unspecified atom stereocenters. The molecule has 27 heavy (non-hydrogen) atoms. The molecule has 0 fully saturated rings. The number of carbonyl (C=O) groups is 1. The molecule has 0 atom stereocenters. The van der Waals surface area contributed by atoms with Crippen molar-refractivity contribution in [3.8, 4) is 0 Å². The average Bonchev–Trinajstić information content (AvgIpc) is 2.64. The number of sulfonamides is 1. The Bertz CT molecular complexity index is 1090. The first-order valence-electron chi connectivity index (χ1n) is 7.66. The highest BCUT2D eigenvalue weighted by molar-refractivity contribution is 7.92. The lowest BCUT2D eigenvalue weighted by Crippen LogP contribution is -2.15. The van der Waals surface area contributed by atoms with E-state index in [0.29, 0.717) is 5.69 Å². The first-order valence-corrected chi connectivity index (χ1v) is 9.90. The van der Waals surface area contributed by atoms with E-state index in [4.69, 9.17) is 23.2 Å². The summed E-state index contributed by atoms with van der Waals surface area (Å²) < 4.78 is 27.5. The maximum atomic E-state index is 12.6. The summed E-state index contributed by atoms with van der Waals surface area (Å²) in [6.07, 6.45) is 1.50. The molecule has 0 aliphatic rings. The van der Waals surface area contributed by atoms with Gasteiger partial charge in [0.05, 0.1) is 15.7 Å². The van der Waals surface area contributed by atoms with Crippen molar-refractivity contribution in [2.45, 2.75) is 4.90 Å². The lowest BCUT2D eigenvalue weighted by atomic mass is 10.3. The van der Waals surface area contributed by atoms with Gasteiger partial charge in [0.1, 0.15) is 10.6 Å². The van der Waals surface area contributed by atoms with Gasteiger partial charge >= 0.3 is 0 Å². The minimum atomic E-state index is -3.96. The van der Waals surface area contributed by atoms with Crippen molar-refractivity contribution in [3.05, 3.63) is 82.6 Å². The number of amides is 1. The van der Waals surface area contributed by atoms with Crippen LogP contribution in [0.5, 0.6) is 0 Å². The summed E-state index contributed by atoms with van der Waals surface area (Å²) in [5, 5.41) is 2.83. The number of aromatic nitrogens is 1. The van der Waals surface area contributed by atoms with E-state index in [-0.39, 0.29) is 26.3 Å². The highest BCUT2D eigenvalue weighted by Crippen LogP contribution is 2.29. The van der Waals surface area contributed by atoms with Crippen LogP contribution in [0.25, 0.3) is 0 Å². The number of para-hydroxylation sites is 1. The predicted molar refractivity (Wildman–Crippen MR) is 106 cm³/mol. The number of nitrogens with zero attached hydrogens (tertiary/aromatic N) is 1. The Hall–Kier alpha value is -2.61. The second-order valence-electron chi connectivity index (χ2n) is 5.40. The third-order valence-electron chi connectivity index (χ3n) is 3.49. The lowest BCUT2D eigenvalue weighted by Gasteiger charge is -2.12. The van der Waals surface area contributed by atoms with Crippen molar-refractivity contribution in [1.29, 1.82) is 0 Å². The van der Waals surface area contributed by atoms with E-state index in [2.05, 4.69) is 15.0 Å². The van der Waals surface area contributed by atoms with Gasteiger partial charge in [0.2, 0.25) is 0 Å². The zero-order valence-electron chi connectivity index (χ0n) is 13.7. The van der Waals surface area contributed by atoms with Gasteiger partial charge in [-0.3, -0.25) is 14.5 Å². The number of nitrogens with one attached hydrogen (secondary N) is 2. The molecule has 138 valence electrons. The Balaban J connectivity index is 1.82. The minimum Gasteiger partial charge on any atom is -0.321 e. The van der Waals surface area contributed by atoms with E-state index in [9.17, 15) is 13.2 Å². The van der Waals surface area contributed by atoms with E-state index in [1.807, 2.05) is 0 Å². The van der Waals surface area contributed by atoms with Crippen LogP contribution in [-0.4, -0.2) is 19.3 Å². The molecule has 0 saturated heterocycles. The summed E-state index contributed by atoms with van der Waals surface area (Å²) in [4.78, 5) is 15.9. The van der Waals surface area contributed by atoms with Gasteiger partial charge in [-0.1, -0.05) is 41.4 Å². The van der Waals surface area contributed by atoms with Crippen molar-refractivity contribution in [2.24, 2.45) is 0 Å². The molecule has 2 N–H and O–H groups in total. The zero-order valence-corrected chi connectivity index (χ0v) is 16.0. The Morgan fingerprint density at radius 3 is 2.33 bits per heavy atom. The highest BCUT2D eigenvalue weighted by atomic mass is 35.5. The van der Waals surface area contributed by atoms with Crippen molar-refractivity contribution < 1.29 is 13.2 Å². The number of benzene rings is 2. The van der Waals surface area contributed by atoms with Crippen molar-refractivity contribution in [2.75, 3.05) is 10.0 Å². The molecule has 0 spiro atoms. The largest absolute Gasteiger partial charge is 0.321 e. The van der Waals surface area contributed by atoms with Crippen molar-refractivity contribution >= 4 is 50.5 Å². The maximum absolute atomic E-state index is 12.6. The van der Waals surface area contributed by atoms with Crippen molar-refractivity contribution in [3.63, 3.8) is 0 Å². The van der Waals surface area contributed by atoms with Crippen LogP contribution in [0, 0.1) is 0 Å². The molecule has 1 amide bonds. The number of hydrogen-bond donors (Lipinski definition) is 2. The quantitative estimate of drug-likeness (QED) is 0.636. The molecule has 3 rings (SSSR count).